The van der Waals surface area contributed by atoms with Crippen molar-refractivity contribution in [2.24, 2.45) is 10.2 Å². The van der Waals surface area contributed by atoms with Gasteiger partial charge in [-0.3, -0.25) is 0 Å². The summed E-state index contributed by atoms with van der Waals surface area (Å²) < 4.78 is 10.6. The Morgan fingerprint density at radius 1 is 0.905 bits per heavy atom. The number of hydrogen-bond donors (Lipinski definition) is 1. The lowest BCUT2D eigenvalue weighted by molar-refractivity contribution is 0.174. The molecule has 0 unspecified atom stereocenters. The van der Waals surface area contributed by atoms with Crippen molar-refractivity contribution in [1.29, 1.82) is 0 Å². The average Bonchev–Trinajstić information content (AvgIpc) is 3.00. The maximum atomic E-state index is 5.31. The quantitative estimate of drug-likeness (QED) is 0.692. The monoisotopic (exact) mass is 281 g/mol. The van der Waals surface area contributed by atoms with E-state index in [1.54, 1.807) is 12.4 Å². The summed E-state index contributed by atoms with van der Waals surface area (Å²) in [6.07, 6.45) is 3.39. The Balaban J connectivity index is 1.64. The van der Waals surface area contributed by atoms with Crippen molar-refractivity contribution in [2.45, 2.75) is 0 Å². The van der Waals surface area contributed by atoms with Crippen molar-refractivity contribution in [1.82, 2.24) is 0 Å². The summed E-state index contributed by atoms with van der Waals surface area (Å²) in [5, 5.41) is 11.1. The van der Waals surface area contributed by atoms with Crippen LogP contribution in [0.15, 0.2) is 52.7 Å². The lowest BCUT2D eigenvalue weighted by atomic mass is 10.2. The highest BCUT2D eigenvalue weighted by atomic mass is 16.7. The molecular formula is C16H15N3O2. The zero-order valence-electron chi connectivity index (χ0n) is 11.6. The Morgan fingerprint density at radius 3 is 2.33 bits per heavy atom. The maximum absolute atomic E-state index is 5.31. The van der Waals surface area contributed by atoms with E-state index in [0.717, 1.165) is 28.3 Å². The fraction of sp³-hybridized carbons (Fsp3) is 0.125. The molecule has 2 aromatic rings. The van der Waals surface area contributed by atoms with E-state index in [1.165, 1.54) is 0 Å². The van der Waals surface area contributed by atoms with Crippen LogP contribution in [0.5, 0.6) is 11.5 Å². The molecule has 106 valence electrons. The third-order valence-corrected chi connectivity index (χ3v) is 3.08. The summed E-state index contributed by atoms with van der Waals surface area (Å²) in [6, 6.07) is 13.6. The summed E-state index contributed by atoms with van der Waals surface area (Å²) in [5.41, 5.74) is 2.98. The molecule has 0 fully saturated rings. The number of nitrogens with one attached hydrogen (secondary N) is 1. The molecule has 0 aliphatic carbocycles. The summed E-state index contributed by atoms with van der Waals surface area (Å²) in [7, 11) is 1.89. The Kier molecular flexibility index (Phi) is 3.82. The van der Waals surface area contributed by atoms with Crippen molar-refractivity contribution in [3.8, 4) is 11.5 Å². The molecule has 0 amide bonds. The summed E-state index contributed by atoms with van der Waals surface area (Å²) in [6.45, 7) is 0.274. The summed E-state index contributed by atoms with van der Waals surface area (Å²) in [4.78, 5) is 0. The topological polar surface area (TPSA) is 55.2 Å². The van der Waals surface area contributed by atoms with Crippen LogP contribution in [0, 0.1) is 0 Å². The number of nitrogens with zero attached hydrogens (tertiary/aromatic N) is 2. The van der Waals surface area contributed by atoms with E-state index in [0.29, 0.717) is 0 Å². The molecule has 1 N–H and O–H groups in total. The molecule has 3 rings (SSSR count). The van der Waals surface area contributed by atoms with Gasteiger partial charge < -0.3 is 14.8 Å². The van der Waals surface area contributed by atoms with Gasteiger partial charge in [-0.05, 0) is 41.5 Å². The fourth-order valence-corrected chi connectivity index (χ4v) is 1.93. The zero-order valence-corrected chi connectivity index (χ0v) is 11.6. The average molecular weight is 281 g/mol. The van der Waals surface area contributed by atoms with E-state index >= 15 is 0 Å². The van der Waals surface area contributed by atoms with E-state index < -0.39 is 0 Å². The first kappa shape index (κ1) is 13.2. The van der Waals surface area contributed by atoms with Gasteiger partial charge in [0.1, 0.15) is 0 Å². The molecule has 2 aromatic carbocycles. The van der Waals surface area contributed by atoms with E-state index in [1.807, 2.05) is 49.5 Å². The lowest BCUT2D eigenvalue weighted by Gasteiger charge is -1.98. The van der Waals surface area contributed by atoms with Crippen LogP contribution < -0.4 is 14.8 Å². The molecule has 0 aromatic heterocycles. The van der Waals surface area contributed by atoms with Gasteiger partial charge in [0.2, 0.25) is 6.79 Å². The molecular weight excluding hydrogens is 266 g/mol. The minimum absolute atomic E-state index is 0.274. The van der Waals surface area contributed by atoms with Crippen LogP contribution in [-0.2, 0) is 0 Å². The summed E-state index contributed by atoms with van der Waals surface area (Å²) >= 11 is 0. The van der Waals surface area contributed by atoms with Crippen molar-refractivity contribution in [2.75, 3.05) is 19.2 Å². The number of hydrogen-bond acceptors (Lipinski definition) is 5. The van der Waals surface area contributed by atoms with E-state index in [2.05, 4.69) is 15.5 Å². The van der Waals surface area contributed by atoms with E-state index in [-0.39, 0.29) is 6.79 Å². The van der Waals surface area contributed by atoms with Crippen molar-refractivity contribution in [3.05, 3.63) is 53.6 Å². The van der Waals surface area contributed by atoms with Gasteiger partial charge in [0.25, 0.3) is 0 Å². The second kappa shape index (κ2) is 6.09. The number of fused-ring (bicyclic) bond motifs is 1. The highest BCUT2D eigenvalue weighted by Crippen LogP contribution is 2.31. The Bertz CT molecular complexity index is 678. The Morgan fingerprint density at radius 2 is 1.57 bits per heavy atom. The van der Waals surface area contributed by atoms with Crippen LogP contribution in [-0.4, -0.2) is 26.3 Å². The molecule has 0 saturated carbocycles. The van der Waals surface area contributed by atoms with Gasteiger partial charge in [-0.25, -0.2) is 0 Å². The maximum Gasteiger partial charge on any atom is 0.231 e. The number of rotatable bonds is 4. The van der Waals surface area contributed by atoms with E-state index in [9.17, 15) is 0 Å². The van der Waals surface area contributed by atoms with Crippen LogP contribution in [0.4, 0.5) is 5.69 Å². The molecule has 1 aliphatic heterocycles. The van der Waals surface area contributed by atoms with Crippen LogP contribution >= 0.6 is 0 Å². The predicted octanol–water partition coefficient (Wildman–Crippen LogP) is 2.91. The Hall–Kier alpha value is -2.82. The smallest absolute Gasteiger partial charge is 0.231 e. The van der Waals surface area contributed by atoms with Crippen LogP contribution in [0.2, 0.25) is 0 Å². The van der Waals surface area contributed by atoms with Crippen molar-refractivity contribution >= 4 is 18.1 Å². The molecule has 21 heavy (non-hydrogen) atoms. The first-order valence-electron chi connectivity index (χ1n) is 6.59. The molecule has 0 bridgehead atoms. The van der Waals surface area contributed by atoms with Gasteiger partial charge in [-0.1, -0.05) is 12.1 Å². The largest absolute Gasteiger partial charge is 0.454 e. The zero-order chi connectivity index (χ0) is 14.5. The van der Waals surface area contributed by atoms with Gasteiger partial charge in [-0.2, -0.15) is 10.2 Å². The summed E-state index contributed by atoms with van der Waals surface area (Å²) in [5.74, 6) is 1.51. The third kappa shape index (κ3) is 3.20. The molecule has 1 aliphatic rings. The molecule has 5 heteroatoms. The minimum Gasteiger partial charge on any atom is -0.454 e. The van der Waals surface area contributed by atoms with Gasteiger partial charge in [0.15, 0.2) is 11.5 Å². The Labute approximate surface area is 122 Å². The molecule has 0 radical (unpaired) electrons. The number of anilines is 1. The van der Waals surface area contributed by atoms with Crippen LogP contribution in [0.1, 0.15) is 11.1 Å². The second-order valence-electron chi connectivity index (χ2n) is 4.47. The second-order valence-corrected chi connectivity index (χ2v) is 4.47. The minimum atomic E-state index is 0.274. The van der Waals surface area contributed by atoms with Crippen LogP contribution in [0.25, 0.3) is 0 Å². The number of ether oxygens (including phenoxy) is 2. The van der Waals surface area contributed by atoms with Crippen LogP contribution in [0.3, 0.4) is 0 Å². The van der Waals surface area contributed by atoms with Gasteiger partial charge in [0, 0.05) is 12.7 Å². The highest BCUT2D eigenvalue weighted by Gasteiger charge is 2.12. The SMILES string of the molecule is CNc1ccc(/C=N/N=C/c2ccc3c(c2)OCO3)cc1. The number of benzene rings is 2. The first-order chi connectivity index (χ1) is 10.3. The lowest BCUT2D eigenvalue weighted by Crippen LogP contribution is -1.92. The molecule has 0 saturated heterocycles. The standard InChI is InChI=1S/C16H15N3O2/c1-17-14-5-2-12(3-6-14)9-18-19-10-13-4-7-15-16(8-13)21-11-20-15/h2-10,17H,11H2,1H3/b18-9+,19-10+. The van der Waals surface area contributed by atoms with Gasteiger partial charge in [0.05, 0.1) is 12.4 Å². The molecule has 1 heterocycles. The van der Waals surface area contributed by atoms with Crippen molar-refractivity contribution < 1.29 is 9.47 Å². The third-order valence-electron chi connectivity index (χ3n) is 3.08. The fourth-order valence-electron chi connectivity index (χ4n) is 1.93. The molecule has 5 nitrogen and oxygen atoms in total. The molecule has 0 spiro atoms. The first-order valence-corrected chi connectivity index (χ1v) is 6.59. The van der Waals surface area contributed by atoms with Crippen molar-refractivity contribution in [3.63, 3.8) is 0 Å². The highest BCUT2D eigenvalue weighted by molar-refractivity contribution is 5.83. The normalized spacial score (nSPS) is 13.2. The van der Waals surface area contributed by atoms with E-state index in [4.69, 9.17) is 9.47 Å². The predicted molar refractivity (Wildman–Crippen MR) is 83.7 cm³/mol. The molecule has 0 atom stereocenters. The van der Waals surface area contributed by atoms with Gasteiger partial charge in [-0.15, -0.1) is 0 Å². The van der Waals surface area contributed by atoms with Gasteiger partial charge >= 0.3 is 0 Å².